The second-order valence-electron chi connectivity index (χ2n) is 5.21. The number of benzene rings is 2. The molecule has 2 aromatic heterocycles. The number of H-pyrrole nitrogens is 1. The van der Waals surface area contributed by atoms with Crippen molar-refractivity contribution < 1.29 is 4.92 Å². The van der Waals surface area contributed by atoms with Crippen LogP contribution in [0.15, 0.2) is 48.7 Å². The maximum atomic E-state index is 10.9. The third-order valence-electron chi connectivity index (χ3n) is 3.83. The van der Waals surface area contributed by atoms with Crippen LogP contribution < -0.4 is 0 Å². The van der Waals surface area contributed by atoms with Gasteiger partial charge in [-0.2, -0.15) is 0 Å². The Hall–Kier alpha value is -3.15. The van der Waals surface area contributed by atoms with E-state index in [0.717, 1.165) is 16.5 Å². The van der Waals surface area contributed by atoms with Crippen molar-refractivity contribution in [2.45, 2.75) is 0 Å². The minimum atomic E-state index is -0.405. The number of nitrogens with zero attached hydrogens (tertiary/aromatic N) is 3. The van der Waals surface area contributed by atoms with Crippen molar-refractivity contribution in [1.29, 1.82) is 0 Å². The largest absolute Gasteiger partial charge is 0.350 e. The van der Waals surface area contributed by atoms with Crippen molar-refractivity contribution in [1.82, 2.24) is 14.5 Å². The molecular formula is C16H12N4O2. The number of aromatic amines is 1. The summed E-state index contributed by atoms with van der Waals surface area (Å²) in [7, 11) is 1.99. The van der Waals surface area contributed by atoms with Crippen molar-refractivity contribution in [2.75, 3.05) is 0 Å². The Morgan fingerprint density at radius 1 is 1.23 bits per heavy atom. The van der Waals surface area contributed by atoms with Crippen LogP contribution in [0.1, 0.15) is 0 Å². The Kier molecular flexibility index (Phi) is 2.53. The lowest BCUT2D eigenvalue weighted by atomic mass is 10.2. The zero-order chi connectivity index (χ0) is 15.3. The topological polar surface area (TPSA) is 76.8 Å². The number of nitro benzene ring substituents is 1. The Labute approximate surface area is 125 Å². The quantitative estimate of drug-likeness (QED) is 0.452. The van der Waals surface area contributed by atoms with E-state index in [1.807, 2.05) is 42.1 Å². The van der Waals surface area contributed by atoms with E-state index in [2.05, 4.69) is 9.97 Å². The molecule has 0 unspecified atom stereocenters. The molecule has 0 bridgehead atoms. The van der Waals surface area contributed by atoms with Crippen LogP contribution >= 0.6 is 0 Å². The summed E-state index contributed by atoms with van der Waals surface area (Å²) in [6.45, 7) is 0. The molecule has 0 saturated carbocycles. The van der Waals surface area contributed by atoms with E-state index >= 15 is 0 Å². The molecule has 22 heavy (non-hydrogen) atoms. The van der Waals surface area contributed by atoms with Crippen LogP contribution in [0.2, 0.25) is 0 Å². The molecule has 4 rings (SSSR count). The third kappa shape index (κ3) is 1.77. The smallest absolute Gasteiger partial charge is 0.271 e. The van der Waals surface area contributed by atoms with E-state index in [0.29, 0.717) is 16.9 Å². The number of para-hydroxylation sites is 1. The van der Waals surface area contributed by atoms with E-state index in [1.165, 1.54) is 12.1 Å². The van der Waals surface area contributed by atoms with Gasteiger partial charge in [-0.3, -0.25) is 10.1 Å². The van der Waals surface area contributed by atoms with Gasteiger partial charge in [-0.1, -0.05) is 18.2 Å². The van der Waals surface area contributed by atoms with Crippen LogP contribution in [0.3, 0.4) is 0 Å². The van der Waals surface area contributed by atoms with Gasteiger partial charge in [0.1, 0.15) is 5.82 Å². The SMILES string of the molecule is Cn1cc(-c2nc3ccc([N+](=O)[O-])cc3[nH]2)c2ccccc21. The molecule has 4 aromatic rings. The van der Waals surface area contributed by atoms with Crippen molar-refractivity contribution in [3.63, 3.8) is 0 Å². The van der Waals surface area contributed by atoms with Gasteiger partial charge < -0.3 is 9.55 Å². The molecule has 2 aromatic carbocycles. The Bertz CT molecular complexity index is 1030. The summed E-state index contributed by atoms with van der Waals surface area (Å²) in [4.78, 5) is 18.2. The highest BCUT2D eigenvalue weighted by molar-refractivity contribution is 5.96. The number of hydrogen-bond acceptors (Lipinski definition) is 3. The van der Waals surface area contributed by atoms with Gasteiger partial charge in [0.15, 0.2) is 0 Å². The number of aryl methyl sites for hydroxylation is 1. The zero-order valence-corrected chi connectivity index (χ0v) is 11.8. The van der Waals surface area contributed by atoms with Crippen molar-refractivity contribution in [2.24, 2.45) is 7.05 Å². The van der Waals surface area contributed by atoms with E-state index in [9.17, 15) is 10.1 Å². The average Bonchev–Trinajstić information content (AvgIpc) is 3.08. The molecule has 0 aliphatic rings. The van der Waals surface area contributed by atoms with Crippen molar-refractivity contribution >= 4 is 27.6 Å². The van der Waals surface area contributed by atoms with Crippen LogP contribution in [-0.2, 0) is 7.05 Å². The fourth-order valence-electron chi connectivity index (χ4n) is 2.77. The maximum Gasteiger partial charge on any atom is 0.271 e. The highest BCUT2D eigenvalue weighted by Gasteiger charge is 2.14. The zero-order valence-electron chi connectivity index (χ0n) is 11.8. The summed E-state index contributed by atoms with van der Waals surface area (Å²) in [6, 6.07) is 12.7. The molecule has 0 spiro atoms. The second-order valence-corrected chi connectivity index (χ2v) is 5.21. The molecule has 0 saturated heterocycles. The van der Waals surface area contributed by atoms with E-state index in [1.54, 1.807) is 6.07 Å². The highest BCUT2D eigenvalue weighted by Crippen LogP contribution is 2.30. The minimum Gasteiger partial charge on any atom is -0.350 e. The number of fused-ring (bicyclic) bond motifs is 2. The third-order valence-corrected chi connectivity index (χ3v) is 3.83. The van der Waals surface area contributed by atoms with E-state index in [4.69, 9.17) is 0 Å². The van der Waals surface area contributed by atoms with Gasteiger partial charge in [-0.05, 0) is 12.1 Å². The first-order chi connectivity index (χ1) is 10.6. The lowest BCUT2D eigenvalue weighted by Crippen LogP contribution is -1.86. The number of imidazole rings is 1. The van der Waals surface area contributed by atoms with Gasteiger partial charge in [0.2, 0.25) is 0 Å². The molecule has 6 heteroatoms. The van der Waals surface area contributed by atoms with Crippen molar-refractivity contribution in [3.05, 3.63) is 58.8 Å². The number of rotatable bonds is 2. The van der Waals surface area contributed by atoms with Gasteiger partial charge >= 0.3 is 0 Å². The minimum absolute atomic E-state index is 0.0561. The first-order valence-electron chi connectivity index (χ1n) is 6.82. The summed E-state index contributed by atoms with van der Waals surface area (Å²) in [5.41, 5.74) is 3.53. The normalized spacial score (nSPS) is 11.3. The predicted molar refractivity (Wildman–Crippen MR) is 84.7 cm³/mol. The standard InChI is InChI=1S/C16H12N4O2/c1-19-9-12(11-4-2-3-5-15(11)19)16-17-13-7-6-10(20(21)22)8-14(13)18-16/h2-9H,1H3,(H,17,18). The molecule has 6 nitrogen and oxygen atoms in total. The van der Waals surface area contributed by atoms with Gasteiger partial charge in [0.25, 0.3) is 5.69 Å². The van der Waals surface area contributed by atoms with Gasteiger partial charge in [0, 0.05) is 41.8 Å². The van der Waals surface area contributed by atoms with Gasteiger partial charge in [0.05, 0.1) is 16.0 Å². The predicted octanol–water partition coefficient (Wildman–Crippen LogP) is 3.63. The lowest BCUT2D eigenvalue weighted by molar-refractivity contribution is -0.384. The fraction of sp³-hybridized carbons (Fsp3) is 0.0625. The Balaban J connectivity index is 1.95. The van der Waals surface area contributed by atoms with Crippen LogP contribution in [0.4, 0.5) is 5.69 Å². The molecule has 0 radical (unpaired) electrons. The fourth-order valence-corrected chi connectivity index (χ4v) is 2.77. The summed E-state index contributed by atoms with van der Waals surface area (Å²) in [5, 5.41) is 12.0. The molecule has 0 amide bonds. The summed E-state index contributed by atoms with van der Waals surface area (Å²) in [5.74, 6) is 0.715. The van der Waals surface area contributed by atoms with Crippen LogP contribution in [0, 0.1) is 10.1 Å². The van der Waals surface area contributed by atoms with E-state index in [-0.39, 0.29) is 5.69 Å². The number of aromatic nitrogens is 3. The van der Waals surface area contributed by atoms with Crippen molar-refractivity contribution in [3.8, 4) is 11.4 Å². The Morgan fingerprint density at radius 3 is 2.86 bits per heavy atom. The molecule has 108 valence electrons. The van der Waals surface area contributed by atoms with Crippen LogP contribution in [-0.4, -0.2) is 19.5 Å². The summed E-state index contributed by atoms with van der Waals surface area (Å²) >= 11 is 0. The molecule has 0 atom stereocenters. The molecule has 0 aliphatic carbocycles. The summed E-state index contributed by atoms with van der Waals surface area (Å²) in [6.07, 6.45) is 2.01. The monoisotopic (exact) mass is 292 g/mol. The van der Waals surface area contributed by atoms with Gasteiger partial charge in [-0.25, -0.2) is 4.98 Å². The number of hydrogen-bond donors (Lipinski definition) is 1. The highest BCUT2D eigenvalue weighted by atomic mass is 16.6. The van der Waals surface area contributed by atoms with Crippen LogP contribution in [0.5, 0.6) is 0 Å². The molecule has 2 heterocycles. The lowest BCUT2D eigenvalue weighted by Gasteiger charge is -1.94. The number of non-ortho nitro benzene ring substituents is 1. The molecular weight excluding hydrogens is 280 g/mol. The molecule has 0 aliphatic heterocycles. The first-order valence-corrected chi connectivity index (χ1v) is 6.82. The first kappa shape index (κ1) is 12.6. The van der Waals surface area contributed by atoms with E-state index < -0.39 is 4.92 Å². The average molecular weight is 292 g/mol. The molecule has 0 fully saturated rings. The number of nitrogens with one attached hydrogen (secondary N) is 1. The van der Waals surface area contributed by atoms with Crippen LogP contribution in [0.25, 0.3) is 33.3 Å². The number of nitro groups is 1. The maximum absolute atomic E-state index is 10.9. The second kappa shape index (κ2) is 4.42. The Morgan fingerprint density at radius 2 is 2.05 bits per heavy atom. The molecule has 1 N–H and O–H groups in total. The summed E-state index contributed by atoms with van der Waals surface area (Å²) < 4.78 is 2.04. The van der Waals surface area contributed by atoms with Gasteiger partial charge in [-0.15, -0.1) is 0 Å².